The Labute approximate surface area is 123 Å². The van der Waals surface area contributed by atoms with E-state index in [0.29, 0.717) is 36.4 Å². The van der Waals surface area contributed by atoms with E-state index in [2.05, 4.69) is 5.32 Å². The van der Waals surface area contributed by atoms with Gasteiger partial charge in [0.2, 0.25) is 5.91 Å². The number of ether oxygens (including phenoxy) is 2. The lowest BCUT2D eigenvalue weighted by Crippen LogP contribution is -2.22. The largest absolute Gasteiger partial charge is 0.497 e. The number of aliphatic carboxylic acids is 1. The zero-order valence-corrected chi connectivity index (χ0v) is 12.1. The lowest BCUT2D eigenvalue weighted by atomic mass is 10.0. The molecular weight excluding hydrogens is 274 g/mol. The highest BCUT2D eigenvalue weighted by Gasteiger charge is 2.34. The maximum atomic E-state index is 12.3. The van der Waals surface area contributed by atoms with Crippen LogP contribution in [0, 0.1) is 11.8 Å². The van der Waals surface area contributed by atoms with Crippen molar-refractivity contribution < 1.29 is 24.2 Å². The number of carbonyl (C=O) groups excluding carboxylic acids is 1. The summed E-state index contributed by atoms with van der Waals surface area (Å²) in [5.74, 6) is -0.553. The van der Waals surface area contributed by atoms with Crippen molar-refractivity contribution in [3.63, 3.8) is 0 Å². The molecule has 6 heteroatoms. The van der Waals surface area contributed by atoms with E-state index in [9.17, 15) is 9.59 Å². The van der Waals surface area contributed by atoms with Crippen LogP contribution < -0.4 is 14.8 Å². The normalized spacial score (nSPS) is 20.9. The molecule has 1 aliphatic carbocycles. The van der Waals surface area contributed by atoms with Gasteiger partial charge in [-0.05, 0) is 31.4 Å². The predicted octanol–water partition coefficient (Wildman–Crippen LogP) is 2.14. The molecule has 114 valence electrons. The van der Waals surface area contributed by atoms with Gasteiger partial charge in [-0.25, -0.2) is 0 Å². The Morgan fingerprint density at radius 3 is 2.48 bits per heavy atom. The molecule has 1 amide bonds. The first-order valence-electron chi connectivity index (χ1n) is 6.80. The summed E-state index contributed by atoms with van der Waals surface area (Å²) < 4.78 is 10.3. The molecule has 1 aromatic rings. The van der Waals surface area contributed by atoms with Gasteiger partial charge in [0.25, 0.3) is 0 Å². The monoisotopic (exact) mass is 293 g/mol. The van der Waals surface area contributed by atoms with E-state index in [1.807, 2.05) is 0 Å². The number of carboxylic acids is 1. The fraction of sp³-hybridized carbons (Fsp3) is 0.467. The van der Waals surface area contributed by atoms with Crippen LogP contribution in [-0.4, -0.2) is 31.2 Å². The Hall–Kier alpha value is -2.24. The van der Waals surface area contributed by atoms with Gasteiger partial charge in [0.1, 0.15) is 11.5 Å². The van der Waals surface area contributed by atoms with Crippen LogP contribution in [0.5, 0.6) is 11.5 Å². The highest BCUT2D eigenvalue weighted by molar-refractivity contribution is 5.94. The fourth-order valence-electron chi connectivity index (χ4n) is 2.59. The SMILES string of the molecule is COc1ccc(OC)c(NC(=O)[C@H]2CC[C@H](C(=O)O)C2)c1. The summed E-state index contributed by atoms with van der Waals surface area (Å²) in [6.45, 7) is 0. The number of hydrogen-bond acceptors (Lipinski definition) is 4. The molecular formula is C15H19NO5. The average molecular weight is 293 g/mol. The molecule has 0 bridgehead atoms. The van der Waals surface area contributed by atoms with Crippen LogP contribution in [0.2, 0.25) is 0 Å². The van der Waals surface area contributed by atoms with Crippen LogP contribution in [0.4, 0.5) is 5.69 Å². The number of amides is 1. The third-order valence-corrected chi connectivity index (χ3v) is 3.82. The highest BCUT2D eigenvalue weighted by Crippen LogP contribution is 2.34. The van der Waals surface area contributed by atoms with Crippen LogP contribution in [0.25, 0.3) is 0 Å². The van der Waals surface area contributed by atoms with Gasteiger partial charge in [-0.2, -0.15) is 0 Å². The number of carbonyl (C=O) groups is 2. The second-order valence-electron chi connectivity index (χ2n) is 5.10. The number of hydrogen-bond donors (Lipinski definition) is 2. The van der Waals surface area contributed by atoms with Crippen molar-refractivity contribution in [1.82, 2.24) is 0 Å². The van der Waals surface area contributed by atoms with Gasteiger partial charge >= 0.3 is 5.97 Å². The van der Waals surface area contributed by atoms with Crippen molar-refractivity contribution >= 4 is 17.6 Å². The third kappa shape index (κ3) is 3.45. The van der Waals surface area contributed by atoms with Crippen molar-refractivity contribution in [3.8, 4) is 11.5 Å². The van der Waals surface area contributed by atoms with Crippen LogP contribution in [0.15, 0.2) is 18.2 Å². The van der Waals surface area contributed by atoms with Gasteiger partial charge in [-0.15, -0.1) is 0 Å². The minimum absolute atomic E-state index is 0.176. The van der Waals surface area contributed by atoms with E-state index in [1.54, 1.807) is 25.3 Å². The van der Waals surface area contributed by atoms with Crippen molar-refractivity contribution in [3.05, 3.63) is 18.2 Å². The smallest absolute Gasteiger partial charge is 0.306 e. The van der Waals surface area contributed by atoms with E-state index in [0.717, 1.165) is 0 Å². The van der Waals surface area contributed by atoms with Crippen molar-refractivity contribution in [1.29, 1.82) is 0 Å². The summed E-state index contributed by atoms with van der Waals surface area (Å²) in [6, 6.07) is 5.13. The van der Waals surface area contributed by atoms with Crippen LogP contribution in [-0.2, 0) is 9.59 Å². The van der Waals surface area contributed by atoms with Crippen LogP contribution in [0.1, 0.15) is 19.3 Å². The van der Waals surface area contributed by atoms with E-state index in [4.69, 9.17) is 14.6 Å². The summed E-state index contributed by atoms with van der Waals surface area (Å²) >= 11 is 0. The molecule has 2 N–H and O–H groups in total. The van der Waals surface area contributed by atoms with E-state index in [1.165, 1.54) is 7.11 Å². The summed E-state index contributed by atoms with van der Waals surface area (Å²) in [7, 11) is 3.06. The van der Waals surface area contributed by atoms with Gasteiger partial charge in [-0.1, -0.05) is 0 Å². The Morgan fingerprint density at radius 1 is 1.19 bits per heavy atom. The maximum Gasteiger partial charge on any atom is 0.306 e. The minimum atomic E-state index is -0.829. The lowest BCUT2D eigenvalue weighted by molar-refractivity contribution is -0.141. The maximum absolute atomic E-state index is 12.3. The number of methoxy groups -OCH3 is 2. The summed E-state index contributed by atoms with van der Waals surface area (Å²) in [5.41, 5.74) is 0.528. The second kappa shape index (κ2) is 6.47. The molecule has 0 unspecified atom stereocenters. The summed E-state index contributed by atoms with van der Waals surface area (Å²) in [6.07, 6.45) is 1.52. The minimum Gasteiger partial charge on any atom is -0.497 e. The lowest BCUT2D eigenvalue weighted by Gasteiger charge is -2.14. The van der Waals surface area contributed by atoms with Crippen LogP contribution >= 0.6 is 0 Å². The molecule has 0 aromatic heterocycles. The Bertz CT molecular complexity index is 543. The third-order valence-electron chi connectivity index (χ3n) is 3.82. The standard InChI is InChI=1S/C15H19NO5/c1-20-11-5-6-13(21-2)12(8-11)16-14(17)9-3-4-10(7-9)15(18)19/h5-6,8-10H,3-4,7H2,1-2H3,(H,16,17)(H,18,19)/t9-,10-/m0/s1. The zero-order valence-electron chi connectivity index (χ0n) is 12.1. The number of rotatable bonds is 5. The summed E-state index contributed by atoms with van der Waals surface area (Å²) in [5, 5.41) is 11.8. The molecule has 21 heavy (non-hydrogen) atoms. The molecule has 6 nitrogen and oxygen atoms in total. The molecule has 2 rings (SSSR count). The van der Waals surface area contributed by atoms with Gasteiger partial charge in [0.05, 0.1) is 25.8 Å². The van der Waals surface area contributed by atoms with E-state index < -0.39 is 11.9 Å². The average Bonchev–Trinajstić information content (AvgIpc) is 2.97. The molecule has 1 fully saturated rings. The number of benzene rings is 1. The van der Waals surface area contributed by atoms with Crippen molar-refractivity contribution in [2.45, 2.75) is 19.3 Å². The highest BCUT2D eigenvalue weighted by atomic mass is 16.5. The van der Waals surface area contributed by atoms with Gasteiger partial charge in [0, 0.05) is 12.0 Å². The quantitative estimate of drug-likeness (QED) is 0.869. The Kier molecular flexibility index (Phi) is 4.67. The first-order chi connectivity index (χ1) is 10.0. The Morgan fingerprint density at radius 2 is 1.90 bits per heavy atom. The molecule has 1 saturated carbocycles. The van der Waals surface area contributed by atoms with E-state index in [-0.39, 0.29) is 11.8 Å². The number of anilines is 1. The first-order valence-corrected chi connectivity index (χ1v) is 6.80. The molecule has 0 spiro atoms. The molecule has 0 aliphatic heterocycles. The topological polar surface area (TPSA) is 84.9 Å². The molecule has 2 atom stereocenters. The first kappa shape index (κ1) is 15.2. The second-order valence-corrected chi connectivity index (χ2v) is 5.10. The molecule has 0 heterocycles. The van der Waals surface area contributed by atoms with Crippen molar-refractivity contribution in [2.24, 2.45) is 11.8 Å². The molecule has 1 aliphatic rings. The van der Waals surface area contributed by atoms with Crippen LogP contribution in [0.3, 0.4) is 0 Å². The van der Waals surface area contributed by atoms with Gasteiger partial charge in [-0.3, -0.25) is 9.59 Å². The van der Waals surface area contributed by atoms with E-state index >= 15 is 0 Å². The molecule has 0 saturated heterocycles. The number of carboxylic acid groups (broad SMARTS) is 1. The predicted molar refractivity (Wildman–Crippen MR) is 76.6 cm³/mol. The summed E-state index contributed by atoms with van der Waals surface area (Å²) in [4.78, 5) is 23.2. The van der Waals surface area contributed by atoms with Crippen molar-refractivity contribution in [2.75, 3.05) is 19.5 Å². The molecule has 0 radical (unpaired) electrons. The van der Waals surface area contributed by atoms with Gasteiger partial charge in [0.15, 0.2) is 0 Å². The Balaban J connectivity index is 2.07. The molecule has 1 aromatic carbocycles. The zero-order chi connectivity index (χ0) is 15.4. The fourth-order valence-corrected chi connectivity index (χ4v) is 2.59. The number of nitrogens with one attached hydrogen (secondary N) is 1. The van der Waals surface area contributed by atoms with Gasteiger partial charge < -0.3 is 19.9 Å².